The summed E-state index contributed by atoms with van der Waals surface area (Å²) in [5.74, 6) is -3.84. The zero-order chi connectivity index (χ0) is 34.1. The molecular formula is C37H44ClFN4O5S. The second-order valence-electron chi connectivity index (χ2n) is 14.0. The Morgan fingerprint density at radius 1 is 0.959 bits per heavy atom. The number of ether oxygens (including phenoxy) is 1. The van der Waals surface area contributed by atoms with Gasteiger partial charge in [0.1, 0.15) is 5.82 Å². The topological polar surface area (TPSA) is 102 Å². The minimum Gasteiger partial charge on any atom is -0.481 e. The van der Waals surface area contributed by atoms with Crippen molar-refractivity contribution in [2.45, 2.75) is 82.2 Å². The number of aliphatic carboxylic acids is 1. The van der Waals surface area contributed by atoms with Crippen molar-refractivity contribution < 1.29 is 28.6 Å². The van der Waals surface area contributed by atoms with Gasteiger partial charge in [-0.25, -0.2) is 4.39 Å². The van der Waals surface area contributed by atoms with Crippen LogP contribution in [0.3, 0.4) is 0 Å². The minimum atomic E-state index is -1.38. The average Bonchev–Trinajstić information content (AvgIpc) is 3.78. The molecule has 1 amide bonds. The number of nitrogens with zero attached hydrogens (tertiary/aromatic N) is 3. The van der Waals surface area contributed by atoms with E-state index in [0.29, 0.717) is 63.5 Å². The summed E-state index contributed by atoms with van der Waals surface area (Å²) in [6.07, 6.45) is 7.05. The number of amides is 1. The standard InChI is InChI=1S/C37H44ClFN4O5S/c38-30-18-25(31(39)20-32(30)40-35(45)29-23-49-33-9-3-2-8-28(29)33)19-34(44)37(42-16-6-7-17-42,48-27-12-10-24(11-13-27)36(46)47)43-21-26(22-43)41-14-4-1-5-15-41/h2-3,8-9,18,20,23-24,26-27H,1,4-7,10-17,19,21-22H2,(H,40,45)(H,46,47). The number of rotatable bonds is 11. The van der Waals surface area contributed by atoms with Gasteiger partial charge in [-0.15, -0.1) is 11.3 Å². The summed E-state index contributed by atoms with van der Waals surface area (Å²) < 4.78 is 23.8. The third kappa shape index (κ3) is 7.03. The summed E-state index contributed by atoms with van der Waals surface area (Å²) in [5, 5.41) is 15.1. The number of carbonyl (C=O) groups is 3. The number of anilines is 1. The summed E-state index contributed by atoms with van der Waals surface area (Å²) in [4.78, 5) is 46.5. The lowest BCUT2D eigenvalue weighted by Gasteiger charge is -2.57. The van der Waals surface area contributed by atoms with Gasteiger partial charge < -0.3 is 15.2 Å². The number of ketones is 1. The summed E-state index contributed by atoms with van der Waals surface area (Å²) in [5.41, 5.74) is 0.766. The number of carboxylic acid groups (broad SMARTS) is 1. The van der Waals surface area contributed by atoms with Crippen molar-refractivity contribution in [1.82, 2.24) is 14.7 Å². The Morgan fingerprint density at radius 3 is 2.37 bits per heavy atom. The number of nitrogens with one attached hydrogen (secondary N) is 1. The molecule has 7 rings (SSSR count). The summed E-state index contributed by atoms with van der Waals surface area (Å²) in [6.45, 7) is 4.84. The molecule has 1 unspecified atom stereocenters. The van der Waals surface area contributed by atoms with Crippen molar-refractivity contribution in [3.05, 3.63) is 63.7 Å². The Morgan fingerprint density at radius 2 is 1.65 bits per heavy atom. The van der Waals surface area contributed by atoms with E-state index >= 15 is 4.39 Å². The molecule has 262 valence electrons. The highest BCUT2D eigenvalue weighted by Crippen LogP contribution is 2.40. The fourth-order valence-electron chi connectivity index (χ4n) is 8.12. The average molecular weight is 711 g/mol. The lowest BCUT2D eigenvalue weighted by atomic mass is 9.87. The van der Waals surface area contributed by atoms with Crippen LogP contribution in [0.1, 0.15) is 73.7 Å². The van der Waals surface area contributed by atoms with Gasteiger partial charge in [-0.2, -0.15) is 0 Å². The maximum Gasteiger partial charge on any atom is 0.306 e. The van der Waals surface area contributed by atoms with Gasteiger partial charge >= 0.3 is 5.97 Å². The molecular weight excluding hydrogens is 667 g/mol. The number of hydrogen-bond acceptors (Lipinski definition) is 8. The molecule has 4 fully saturated rings. The first-order chi connectivity index (χ1) is 23.7. The molecule has 49 heavy (non-hydrogen) atoms. The van der Waals surface area contributed by atoms with Gasteiger partial charge in [0.25, 0.3) is 5.91 Å². The second-order valence-corrected chi connectivity index (χ2v) is 15.3. The molecule has 1 saturated carbocycles. The van der Waals surface area contributed by atoms with E-state index in [4.69, 9.17) is 16.3 Å². The van der Waals surface area contributed by atoms with E-state index in [0.717, 1.165) is 36.0 Å². The van der Waals surface area contributed by atoms with Gasteiger partial charge in [0.05, 0.1) is 28.3 Å². The molecule has 0 radical (unpaired) electrons. The zero-order valence-electron chi connectivity index (χ0n) is 27.7. The monoisotopic (exact) mass is 710 g/mol. The Labute approximate surface area is 295 Å². The van der Waals surface area contributed by atoms with Crippen LogP contribution in [-0.2, 0) is 20.7 Å². The van der Waals surface area contributed by atoms with Crippen LogP contribution in [0.4, 0.5) is 10.1 Å². The molecule has 4 heterocycles. The predicted molar refractivity (Wildman–Crippen MR) is 189 cm³/mol. The third-order valence-electron chi connectivity index (χ3n) is 10.9. The molecule has 0 spiro atoms. The molecule has 4 aliphatic rings. The van der Waals surface area contributed by atoms with Crippen molar-refractivity contribution >= 4 is 56.4 Å². The van der Waals surface area contributed by atoms with Crippen LogP contribution in [0.25, 0.3) is 10.1 Å². The maximum atomic E-state index is 15.9. The van der Waals surface area contributed by atoms with Gasteiger partial charge in [0, 0.05) is 54.1 Å². The number of carbonyl (C=O) groups excluding carboxylic acids is 2. The smallest absolute Gasteiger partial charge is 0.306 e. The number of carboxylic acids is 1. The number of likely N-dealkylation sites (tertiary alicyclic amines) is 3. The fraction of sp³-hybridized carbons (Fsp3) is 0.541. The van der Waals surface area contributed by atoms with Crippen molar-refractivity contribution in [2.75, 3.05) is 44.6 Å². The fourth-order valence-corrected chi connectivity index (χ4v) is 9.29. The van der Waals surface area contributed by atoms with E-state index in [2.05, 4.69) is 20.0 Å². The van der Waals surface area contributed by atoms with Crippen LogP contribution < -0.4 is 5.32 Å². The van der Waals surface area contributed by atoms with E-state index in [9.17, 15) is 19.5 Å². The molecule has 2 aromatic carbocycles. The summed E-state index contributed by atoms with van der Waals surface area (Å²) in [7, 11) is 0. The molecule has 0 bridgehead atoms. The van der Waals surface area contributed by atoms with E-state index in [1.54, 1.807) is 5.38 Å². The lowest BCUT2D eigenvalue weighted by molar-refractivity contribution is -0.276. The minimum absolute atomic E-state index is 0.139. The second kappa shape index (κ2) is 14.7. The summed E-state index contributed by atoms with van der Waals surface area (Å²) >= 11 is 8.11. The van der Waals surface area contributed by atoms with E-state index < -0.39 is 23.6 Å². The molecule has 3 aliphatic heterocycles. The molecule has 3 saturated heterocycles. The van der Waals surface area contributed by atoms with Crippen LogP contribution in [0.15, 0.2) is 41.8 Å². The van der Waals surface area contributed by atoms with E-state index in [1.807, 2.05) is 24.3 Å². The van der Waals surface area contributed by atoms with Gasteiger partial charge in [0.15, 0.2) is 5.78 Å². The zero-order valence-corrected chi connectivity index (χ0v) is 29.2. The van der Waals surface area contributed by atoms with Crippen LogP contribution >= 0.6 is 22.9 Å². The number of thiophene rings is 1. The highest BCUT2D eigenvalue weighted by molar-refractivity contribution is 7.17. The van der Waals surface area contributed by atoms with Gasteiger partial charge in [-0.05, 0) is 88.2 Å². The van der Waals surface area contributed by atoms with Gasteiger partial charge in [-0.3, -0.25) is 29.1 Å². The first-order valence-corrected chi connectivity index (χ1v) is 18.9. The number of benzene rings is 2. The summed E-state index contributed by atoms with van der Waals surface area (Å²) in [6, 6.07) is 10.6. The quantitative estimate of drug-likeness (QED) is 0.229. The Kier molecular flexibility index (Phi) is 10.4. The molecule has 1 aliphatic carbocycles. The maximum absolute atomic E-state index is 15.9. The van der Waals surface area contributed by atoms with Crippen LogP contribution in [0.2, 0.25) is 5.02 Å². The molecule has 1 aromatic heterocycles. The number of halogens is 2. The molecule has 12 heteroatoms. The normalized spacial score (nSPS) is 24.0. The number of hydrogen-bond donors (Lipinski definition) is 2. The Bertz CT molecular complexity index is 1690. The van der Waals surface area contributed by atoms with Crippen LogP contribution in [0, 0.1) is 11.7 Å². The van der Waals surface area contributed by atoms with E-state index in [1.165, 1.54) is 42.7 Å². The highest BCUT2D eigenvalue weighted by Gasteiger charge is 2.56. The Hall–Kier alpha value is -2.93. The first-order valence-electron chi connectivity index (χ1n) is 17.7. The largest absolute Gasteiger partial charge is 0.481 e. The lowest BCUT2D eigenvalue weighted by Crippen LogP contribution is -2.76. The van der Waals surface area contributed by atoms with Gasteiger partial charge in [0.2, 0.25) is 5.85 Å². The number of Topliss-reactive ketones (excluding diaryl/α,β-unsaturated/α-hetero) is 1. The molecule has 2 N–H and O–H groups in total. The van der Waals surface area contributed by atoms with Crippen molar-refractivity contribution in [2.24, 2.45) is 5.92 Å². The van der Waals surface area contributed by atoms with Gasteiger partial charge in [-0.1, -0.05) is 36.2 Å². The van der Waals surface area contributed by atoms with Crippen LogP contribution in [-0.4, -0.2) is 94.7 Å². The van der Waals surface area contributed by atoms with Crippen LogP contribution in [0.5, 0.6) is 0 Å². The molecule has 9 nitrogen and oxygen atoms in total. The first kappa shape index (κ1) is 34.5. The third-order valence-corrected chi connectivity index (χ3v) is 12.2. The number of piperidine rings is 1. The highest BCUT2D eigenvalue weighted by atomic mass is 35.5. The van der Waals surface area contributed by atoms with Crippen molar-refractivity contribution in [1.29, 1.82) is 0 Å². The predicted octanol–water partition coefficient (Wildman–Crippen LogP) is 6.64. The Balaban J connectivity index is 1.14. The van der Waals surface area contributed by atoms with Crippen molar-refractivity contribution in [3.63, 3.8) is 0 Å². The van der Waals surface area contributed by atoms with E-state index in [-0.39, 0.29) is 40.5 Å². The van der Waals surface area contributed by atoms with Crippen molar-refractivity contribution in [3.8, 4) is 0 Å². The SMILES string of the molecule is O=C(Nc1cc(F)c(CC(=O)C(OC2CCC(C(=O)O)CC2)(N2CCCC2)N2CC(N3CCCCC3)C2)cc1Cl)c1csc2ccccc12. The number of fused-ring (bicyclic) bond motifs is 1. The molecule has 1 atom stereocenters. The molecule has 3 aromatic rings.